The summed E-state index contributed by atoms with van der Waals surface area (Å²) >= 11 is 1.55. The minimum atomic E-state index is 0.293. The van der Waals surface area contributed by atoms with Crippen molar-refractivity contribution in [1.82, 2.24) is 15.2 Å². The number of piperazine rings is 1. The number of thiazole rings is 1. The monoisotopic (exact) mass is 225 g/mol. The summed E-state index contributed by atoms with van der Waals surface area (Å²) in [7, 11) is 0. The SMILES string of the molecule is O=C(Cc1cncs1)CN1CCNCC1. The molecule has 0 atom stereocenters. The van der Waals surface area contributed by atoms with Crippen molar-refractivity contribution in [3.8, 4) is 0 Å². The Labute approximate surface area is 93.3 Å². The highest BCUT2D eigenvalue weighted by atomic mass is 32.1. The van der Waals surface area contributed by atoms with E-state index in [-0.39, 0.29) is 0 Å². The average Bonchev–Trinajstić information content (AvgIpc) is 2.71. The Morgan fingerprint density at radius 3 is 3.00 bits per heavy atom. The van der Waals surface area contributed by atoms with Crippen molar-refractivity contribution in [2.45, 2.75) is 6.42 Å². The first-order chi connectivity index (χ1) is 7.34. The van der Waals surface area contributed by atoms with Crippen LogP contribution in [0.25, 0.3) is 0 Å². The average molecular weight is 225 g/mol. The molecular weight excluding hydrogens is 210 g/mol. The number of hydrogen-bond donors (Lipinski definition) is 1. The Bertz CT molecular complexity index is 306. The van der Waals surface area contributed by atoms with Gasteiger partial charge in [-0.05, 0) is 0 Å². The summed E-state index contributed by atoms with van der Waals surface area (Å²) in [5.74, 6) is 0.293. The molecule has 2 rings (SSSR count). The third kappa shape index (κ3) is 3.37. The van der Waals surface area contributed by atoms with Crippen molar-refractivity contribution in [1.29, 1.82) is 0 Å². The summed E-state index contributed by atoms with van der Waals surface area (Å²) in [5, 5.41) is 3.27. The zero-order valence-electron chi connectivity index (χ0n) is 8.61. The molecule has 1 fully saturated rings. The Morgan fingerprint density at radius 2 is 2.33 bits per heavy atom. The van der Waals surface area contributed by atoms with Crippen LogP contribution >= 0.6 is 11.3 Å². The highest BCUT2D eigenvalue weighted by Crippen LogP contribution is 2.07. The fourth-order valence-corrected chi connectivity index (χ4v) is 2.32. The molecule has 0 radical (unpaired) electrons. The third-order valence-electron chi connectivity index (χ3n) is 2.46. The summed E-state index contributed by atoms with van der Waals surface area (Å²) in [6, 6.07) is 0. The summed E-state index contributed by atoms with van der Waals surface area (Å²) in [5.41, 5.74) is 1.77. The van der Waals surface area contributed by atoms with Crippen LogP contribution in [0.5, 0.6) is 0 Å². The molecule has 1 aliphatic heterocycles. The highest BCUT2D eigenvalue weighted by Gasteiger charge is 2.13. The van der Waals surface area contributed by atoms with Crippen LogP contribution in [0.1, 0.15) is 4.88 Å². The van der Waals surface area contributed by atoms with E-state index in [4.69, 9.17) is 0 Å². The van der Waals surface area contributed by atoms with Crippen molar-refractivity contribution >= 4 is 17.1 Å². The third-order valence-corrected chi connectivity index (χ3v) is 3.24. The van der Waals surface area contributed by atoms with Crippen LogP contribution < -0.4 is 5.32 Å². The van der Waals surface area contributed by atoms with Crippen LogP contribution in [0, 0.1) is 0 Å². The molecule has 1 saturated heterocycles. The second-order valence-corrected chi connectivity index (χ2v) is 4.68. The maximum absolute atomic E-state index is 11.7. The van der Waals surface area contributed by atoms with Crippen molar-refractivity contribution < 1.29 is 4.79 Å². The van der Waals surface area contributed by atoms with Gasteiger partial charge >= 0.3 is 0 Å². The first-order valence-corrected chi connectivity index (χ1v) is 6.05. The van der Waals surface area contributed by atoms with E-state index in [0.29, 0.717) is 18.7 Å². The number of nitrogens with one attached hydrogen (secondary N) is 1. The lowest BCUT2D eigenvalue weighted by Crippen LogP contribution is -2.45. The van der Waals surface area contributed by atoms with Crippen molar-refractivity contribution in [2.24, 2.45) is 0 Å². The number of aromatic nitrogens is 1. The minimum absolute atomic E-state index is 0.293. The number of carbonyl (C=O) groups is 1. The fraction of sp³-hybridized carbons (Fsp3) is 0.600. The van der Waals surface area contributed by atoms with E-state index in [0.717, 1.165) is 31.1 Å². The van der Waals surface area contributed by atoms with E-state index in [1.54, 1.807) is 23.0 Å². The Balaban J connectivity index is 1.76. The van der Waals surface area contributed by atoms with Gasteiger partial charge in [-0.1, -0.05) is 0 Å². The van der Waals surface area contributed by atoms with Gasteiger partial charge in [-0.3, -0.25) is 14.7 Å². The van der Waals surface area contributed by atoms with Gasteiger partial charge < -0.3 is 5.32 Å². The smallest absolute Gasteiger partial charge is 0.152 e. The second kappa shape index (κ2) is 5.34. The highest BCUT2D eigenvalue weighted by molar-refractivity contribution is 7.09. The quantitative estimate of drug-likeness (QED) is 0.793. The van der Waals surface area contributed by atoms with Gasteiger partial charge in [0.15, 0.2) is 5.78 Å². The van der Waals surface area contributed by atoms with E-state index in [9.17, 15) is 4.79 Å². The van der Waals surface area contributed by atoms with Gasteiger partial charge in [0.05, 0.1) is 12.1 Å². The number of nitrogens with zero attached hydrogens (tertiary/aromatic N) is 2. The van der Waals surface area contributed by atoms with Crippen LogP contribution in [-0.2, 0) is 11.2 Å². The lowest BCUT2D eigenvalue weighted by molar-refractivity contribution is -0.119. The molecule has 1 aliphatic rings. The standard InChI is InChI=1S/C10H15N3OS/c14-9(5-10-6-12-8-15-10)7-13-3-1-11-2-4-13/h6,8,11H,1-5,7H2. The molecule has 4 nitrogen and oxygen atoms in total. The number of carbonyl (C=O) groups excluding carboxylic acids is 1. The van der Waals surface area contributed by atoms with Crippen LogP contribution in [-0.4, -0.2) is 48.4 Å². The second-order valence-electron chi connectivity index (χ2n) is 3.71. The Kier molecular flexibility index (Phi) is 3.82. The van der Waals surface area contributed by atoms with Crippen LogP contribution in [0.4, 0.5) is 0 Å². The van der Waals surface area contributed by atoms with Gasteiger partial charge in [0, 0.05) is 43.7 Å². The Hall–Kier alpha value is -0.780. The molecule has 2 heterocycles. The normalized spacial score (nSPS) is 17.9. The molecule has 1 N–H and O–H groups in total. The van der Waals surface area contributed by atoms with E-state index in [1.165, 1.54) is 0 Å². The van der Waals surface area contributed by atoms with Gasteiger partial charge in [0.25, 0.3) is 0 Å². The topological polar surface area (TPSA) is 45.2 Å². The number of ketones is 1. The molecule has 0 aromatic carbocycles. The first kappa shape index (κ1) is 10.7. The number of hydrogen-bond acceptors (Lipinski definition) is 5. The molecule has 1 aromatic rings. The molecule has 1 aromatic heterocycles. The Morgan fingerprint density at radius 1 is 1.53 bits per heavy atom. The van der Waals surface area contributed by atoms with E-state index in [1.807, 2.05) is 0 Å². The molecule has 0 saturated carbocycles. The molecule has 15 heavy (non-hydrogen) atoms. The largest absolute Gasteiger partial charge is 0.314 e. The molecular formula is C10H15N3OS. The molecule has 0 unspecified atom stereocenters. The summed E-state index contributed by atoms with van der Waals surface area (Å²) < 4.78 is 0. The predicted octanol–water partition coefficient (Wildman–Crippen LogP) is 0.160. The molecule has 0 bridgehead atoms. The maximum Gasteiger partial charge on any atom is 0.152 e. The summed E-state index contributed by atoms with van der Waals surface area (Å²) in [4.78, 5) is 18.9. The van der Waals surface area contributed by atoms with Crippen LogP contribution in [0.3, 0.4) is 0 Å². The van der Waals surface area contributed by atoms with Crippen LogP contribution in [0.15, 0.2) is 11.7 Å². The zero-order chi connectivity index (χ0) is 10.5. The predicted molar refractivity (Wildman–Crippen MR) is 60.1 cm³/mol. The van der Waals surface area contributed by atoms with Crippen LogP contribution in [0.2, 0.25) is 0 Å². The molecule has 82 valence electrons. The van der Waals surface area contributed by atoms with E-state index < -0.39 is 0 Å². The summed E-state index contributed by atoms with van der Waals surface area (Å²) in [6.07, 6.45) is 2.31. The lowest BCUT2D eigenvalue weighted by Gasteiger charge is -2.26. The van der Waals surface area contributed by atoms with Gasteiger partial charge in [0.2, 0.25) is 0 Å². The van der Waals surface area contributed by atoms with E-state index in [2.05, 4.69) is 15.2 Å². The molecule has 0 aliphatic carbocycles. The first-order valence-electron chi connectivity index (χ1n) is 5.17. The zero-order valence-corrected chi connectivity index (χ0v) is 9.42. The van der Waals surface area contributed by atoms with Crippen molar-refractivity contribution in [3.63, 3.8) is 0 Å². The van der Waals surface area contributed by atoms with Crippen molar-refractivity contribution in [2.75, 3.05) is 32.7 Å². The van der Waals surface area contributed by atoms with E-state index >= 15 is 0 Å². The molecule has 0 amide bonds. The van der Waals surface area contributed by atoms with Gasteiger partial charge in [-0.25, -0.2) is 0 Å². The minimum Gasteiger partial charge on any atom is -0.314 e. The number of Topliss-reactive ketones (excluding diaryl/α,β-unsaturated/α-hetero) is 1. The lowest BCUT2D eigenvalue weighted by atomic mass is 10.2. The van der Waals surface area contributed by atoms with Gasteiger partial charge in [-0.15, -0.1) is 11.3 Å². The maximum atomic E-state index is 11.7. The van der Waals surface area contributed by atoms with Crippen molar-refractivity contribution in [3.05, 3.63) is 16.6 Å². The van der Waals surface area contributed by atoms with Gasteiger partial charge in [-0.2, -0.15) is 0 Å². The van der Waals surface area contributed by atoms with Gasteiger partial charge in [0.1, 0.15) is 0 Å². The summed E-state index contributed by atoms with van der Waals surface area (Å²) in [6.45, 7) is 4.53. The molecule has 0 spiro atoms. The molecule has 5 heteroatoms. The number of rotatable bonds is 4. The fourth-order valence-electron chi connectivity index (χ4n) is 1.70.